The molecule has 0 aliphatic carbocycles. The molecule has 0 heterocycles. The minimum atomic E-state index is -0.377. The van der Waals surface area contributed by atoms with Crippen molar-refractivity contribution in [1.29, 1.82) is 0 Å². The molecule has 0 fully saturated rings. The number of methoxy groups -OCH3 is 1. The summed E-state index contributed by atoms with van der Waals surface area (Å²) < 4.78 is 10.3. The third kappa shape index (κ3) is 4.63. The summed E-state index contributed by atoms with van der Waals surface area (Å²) in [4.78, 5) is 11.5. The van der Waals surface area contributed by atoms with E-state index >= 15 is 0 Å². The molecular weight excluding hydrogens is 266 g/mol. The van der Waals surface area contributed by atoms with E-state index in [-0.39, 0.29) is 18.1 Å². The molecule has 1 N–H and O–H groups in total. The first-order valence-corrected chi connectivity index (χ1v) is 6.66. The number of ether oxygens (including phenoxy) is 2. The Kier molecular flexibility index (Phi) is 5.96. The van der Waals surface area contributed by atoms with E-state index in [2.05, 4.69) is 5.32 Å². The highest BCUT2D eigenvalue weighted by Crippen LogP contribution is 2.28. The highest BCUT2D eigenvalue weighted by Gasteiger charge is 2.17. The smallest absolute Gasteiger partial charge is 0.328 e. The van der Waals surface area contributed by atoms with Gasteiger partial charge in [-0.05, 0) is 38.5 Å². The van der Waals surface area contributed by atoms with Crippen molar-refractivity contribution < 1.29 is 14.3 Å². The summed E-state index contributed by atoms with van der Waals surface area (Å²) in [5.41, 5.74) is 0.762. The van der Waals surface area contributed by atoms with Crippen molar-refractivity contribution in [3.05, 3.63) is 23.2 Å². The normalized spacial score (nSPS) is 12.1. The van der Waals surface area contributed by atoms with E-state index in [1.807, 2.05) is 26.8 Å². The summed E-state index contributed by atoms with van der Waals surface area (Å²) in [6.07, 6.45) is 0.698. The van der Waals surface area contributed by atoms with Crippen molar-refractivity contribution in [2.45, 2.75) is 39.3 Å². The van der Waals surface area contributed by atoms with Crippen LogP contribution in [0.25, 0.3) is 0 Å². The zero-order chi connectivity index (χ0) is 14.4. The number of benzene rings is 1. The number of carbonyl (C=O) groups excluding carboxylic acids is 1. The molecule has 0 radical (unpaired) electrons. The van der Waals surface area contributed by atoms with Gasteiger partial charge in [-0.25, -0.2) is 4.79 Å². The molecule has 5 heteroatoms. The van der Waals surface area contributed by atoms with Crippen molar-refractivity contribution in [2.75, 3.05) is 12.4 Å². The fourth-order valence-electron chi connectivity index (χ4n) is 1.61. The first-order valence-electron chi connectivity index (χ1n) is 6.28. The lowest BCUT2D eigenvalue weighted by atomic mass is 10.2. The number of esters is 1. The highest BCUT2D eigenvalue weighted by atomic mass is 35.5. The number of nitrogens with one attached hydrogen (secondary N) is 1. The van der Waals surface area contributed by atoms with Crippen molar-refractivity contribution in [3.8, 4) is 5.75 Å². The van der Waals surface area contributed by atoms with Gasteiger partial charge in [-0.2, -0.15) is 0 Å². The molecule has 1 aromatic rings. The second kappa shape index (κ2) is 7.24. The molecule has 0 aliphatic rings. The van der Waals surface area contributed by atoms with Gasteiger partial charge in [0.05, 0.1) is 18.2 Å². The summed E-state index contributed by atoms with van der Waals surface area (Å²) in [5, 5.41) is 3.60. The van der Waals surface area contributed by atoms with Gasteiger partial charge in [-0.1, -0.05) is 18.5 Å². The van der Waals surface area contributed by atoms with Crippen LogP contribution in [0.15, 0.2) is 18.2 Å². The molecule has 0 bridgehead atoms. The van der Waals surface area contributed by atoms with Gasteiger partial charge >= 0.3 is 5.97 Å². The van der Waals surface area contributed by atoms with E-state index in [9.17, 15) is 4.79 Å². The number of hydrogen-bond donors (Lipinski definition) is 1. The Bertz CT molecular complexity index is 435. The maximum atomic E-state index is 11.5. The van der Waals surface area contributed by atoms with Crippen molar-refractivity contribution >= 4 is 23.3 Å². The van der Waals surface area contributed by atoms with Crippen LogP contribution < -0.4 is 10.1 Å². The predicted molar refractivity (Wildman–Crippen MR) is 76.9 cm³/mol. The van der Waals surface area contributed by atoms with Gasteiger partial charge in [-0.15, -0.1) is 0 Å². The van der Waals surface area contributed by atoms with E-state index < -0.39 is 0 Å². The van der Waals surface area contributed by atoms with Crippen molar-refractivity contribution in [3.63, 3.8) is 0 Å². The van der Waals surface area contributed by atoms with Crippen LogP contribution in [0, 0.1) is 0 Å². The van der Waals surface area contributed by atoms with Crippen LogP contribution in [0.2, 0.25) is 5.02 Å². The van der Waals surface area contributed by atoms with Gasteiger partial charge < -0.3 is 14.8 Å². The monoisotopic (exact) mass is 285 g/mol. The van der Waals surface area contributed by atoms with Gasteiger partial charge in [0.2, 0.25) is 0 Å². The number of hydrogen-bond acceptors (Lipinski definition) is 4. The Hall–Kier alpha value is -1.42. The van der Waals surface area contributed by atoms with Crippen LogP contribution in [-0.4, -0.2) is 25.2 Å². The minimum Gasteiger partial charge on any atom is -0.489 e. The molecule has 0 aliphatic heterocycles. The van der Waals surface area contributed by atoms with Gasteiger partial charge in [0.25, 0.3) is 0 Å². The summed E-state index contributed by atoms with van der Waals surface area (Å²) in [5.74, 6) is 0.342. The Morgan fingerprint density at radius 1 is 1.42 bits per heavy atom. The Balaban J connectivity index is 2.80. The van der Waals surface area contributed by atoms with Gasteiger partial charge in [-0.3, -0.25) is 0 Å². The van der Waals surface area contributed by atoms with Crippen LogP contribution in [0.4, 0.5) is 5.69 Å². The fourth-order valence-corrected chi connectivity index (χ4v) is 1.84. The van der Waals surface area contributed by atoms with Crippen LogP contribution in [0.5, 0.6) is 5.75 Å². The molecule has 0 saturated heterocycles. The summed E-state index contributed by atoms with van der Waals surface area (Å²) in [6, 6.07) is 4.98. The van der Waals surface area contributed by atoms with Crippen molar-refractivity contribution in [2.24, 2.45) is 0 Å². The highest BCUT2D eigenvalue weighted by molar-refractivity contribution is 6.32. The molecule has 19 heavy (non-hydrogen) atoms. The van der Waals surface area contributed by atoms with Gasteiger partial charge in [0, 0.05) is 5.69 Å². The molecule has 0 aromatic heterocycles. The summed E-state index contributed by atoms with van der Waals surface area (Å²) in [7, 11) is 1.37. The van der Waals surface area contributed by atoms with Crippen LogP contribution in [0.3, 0.4) is 0 Å². The minimum absolute atomic E-state index is 0.0646. The molecule has 0 spiro atoms. The molecule has 106 valence electrons. The number of anilines is 1. The van der Waals surface area contributed by atoms with E-state index in [4.69, 9.17) is 21.1 Å². The van der Waals surface area contributed by atoms with Crippen LogP contribution in [-0.2, 0) is 9.53 Å². The fraction of sp³-hybridized carbons (Fsp3) is 0.500. The number of halogens is 1. The number of rotatable bonds is 6. The van der Waals surface area contributed by atoms with E-state index in [1.54, 1.807) is 12.1 Å². The molecular formula is C14H20ClNO3. The first kappa shape index (κ1) is 15.6. The molecule has 4 nitrogen and oxygen atoms in total. The molecule has 1 atom stereocenters. The Morgan fingerprint density at radius 3 is 2.58 bits per heavy atom. The van der Waals surface area contributed by atoms with Gasteiger partial charge in [0.1, 0.15) is 11.8 Å². The molecule has 1 rings (SSSR count). The lowest BCUT2D eigenvalue weighted by molar-refractivity contribution is -0.141. The van der Waals surface area contributed by atoms with Crippen LogP contribution >= 0.6 is 11.6 Å². The lowest BCUT2D eigenvalue weighted by Crippen LogP contribution is -2.29. The quantitative estimate of drug-likeness (QED) is 0.813. The average molecular weight is 286 g/mol. The largest absolute Gasteiger partial charge is 0.489 e. The van der Waals surface area contributed by atoms with E-state index in [0.717, 1.165) is 5.69 Å². The zero-order valence-corrected chi connectivity index (χ0v) is 12.5. The standard InChI is InChI=1S/C14H20ClNO3/c1-5-12(14(17)18-4)16-10-6-7-13(11(15)8-10)19-9(2)3/h6-9,12,16H,5H2,1-4H3. The van der Waals surface area contributed by atoms with E-state index in [1.165, 1.54) is 7.11 Å². The Morgan fingerprint density at radius 2 is 2.11 bits per heavy atom. The third-order valence-corrected chi connectivity index (χ3v) is 2.82. The Labute approximate surface area is 119 Å². The first-order chi connectivity index (χ1) is 8.97. The summed E-state index contributed by atoms with van der Waals surface area (Å²) >= 11 is 6.13. The maximum Gasteiger partial charge on any atom is 0.328 e. The molecule has 0 saturated carbocycles. The van der Waals surface area contributed by atoms with Crippen molar-refractivity contribution in [1.82, 2.24) is 0 Å². The third-order valence-electron chi connectivity index (χ3n) is 2.53. The topological polar surface area (TPSA) is 47.6 Å². The second-order valence-electron chi connectivity index (χ2n) is 4.44. The number of carbonyl (C=O) groups is 1. The lowest BCUT2D eigenvalue weighted by Gasteiger charge is -2.17. The summed E-state index contributed by atoms with van der Waals surface area (Å²) in [6.45, 7) is 5.78. The molecule has 0 amide bonds. The van der Waals surface area contributed by atoms with Gasteiger partial charge in [0.15, 0.2) is 0 Å². The maximum absolute atomic E-state index is 11.5. The van der Waals surface area contributed by atoms with E-state index in [0.29, 0.717) is 17.2 Å². The van der Waals surface area contributed by atoms with Crippen LogP contribution in [0.1, 0.15) is 27.2 Å². The zero-order valence-electron chi connectivity index (χ0n) is 11.7. The predicted octanol–water partition coefficient (Wildman–Crippen LogP) is 3.49. The molecule has 1 unspecified atom stereocenters. The average Bonchev–Trinajstić information content (AvgIpc) is 2.37. The molecule has 1 aromatic carbocycles. The SMILES string of the molecule is CCC(Nc1ccc(OC(C)C)c(Cl)c1)C(=O)OC. The second-order valence-corrected chi connectivity index (χ2v) is 4.85.